The van der Waals surface area contributed by atoms with Crippen LogP contribution in [0.2, 0.25) is 0 Å². The molecule has 0 unspecified atom stereocenters. The molecule has 6 nitrogen and oxygen atoms in total. The van der Waals surface area contributed by atoms with Gasteiger partial charge in [0.15, 0.2) is 0 Å². The Morgan fingerprint density at radius 2 is 1.62 bits per heavy atom. The first-order valence-corrected chi connectivity index (χ1v) is 15.1. The Morgan fingerprint density at radius 1 is 0.946 bits per heavy atom. The summed E-state index contributed by atoms with van der Waals surface area (Å²) >= 11 is 0. The third-order valence-electron chi connectivity index (χ3n) is 9.24. The van der Waals surface area contributed by atoms with Crippen molar-refractivity contribution >= 4 is 11.8 Å². The van der Waals surface area contributed by atoms with Crippen molar-refractivity contribution in [2.24, 2.45) is 5.92 Å². The Labute approximate surface area is 224 Å². The fraction of sp³-hybridized carbons (Fsp3) is 0.742. The van der Waals surface area contributed by atoms with Crippen LogP contribution in [0.3, 0.4) is 0 Å². The van der Waals surface area contributed by atoms with E-state index in [0.29, 0.717) is 6.04 Å². The van der Waals surface area contributed by atoms with Gasteiger partial charge in [0.1, 0.15) is 6.04 Å². The average Bonchev–Trinajstić information content (AvgIpc) is 3.42. The molecule has 3 fully saturated rings. The lowest BCUT2D eigenvalue weighted by atomic mass is 9.83. The number of likely N-dealkylation sites (N-methyl/N-ethyl adjacent to an activating group) is 1. The molecular weight excluding hydrogens is 460 g/mol. The van der Waals surface area contributed by atoms with Crippen LogP contribution in [0.15, 0.2) is 30.3 Å². The first kappa shape index (κ1) is 28.1. The normalized spacial score (nSPS) is 23.2. The zero-order valence-electron chi connectivity index (χ0n) is 23.3. The molecule has 1 heterocycles. The van der Waals surface area contributed by atoms with E-state index >= 15 is 0 Å². The van der Waals surface area contributed by atoms with Crippen LogP contribution < -0.4 is 10.6 Å². The molecule has 4 rings (SSSR count). The average molecular weight is 511 g/mol. The van der Waals surface area contributed by atoms with Gasteiger partial charge in [0.2, 0.25) is 11.8 Å². The molecule has 0 radical (unpaired) electrons. The summed E-state index contributed by atoms with van der Waals surface area (Å²) in [5, 5.41) is 6.23. The van der Waals surface area contributed by atoms with Gasteiger partial charge in [-0.2, -0.15) is 0 Å². The topological polar surface area (TPSA) is 64.7 Å². The van der Waals surface area contributed by atoms with E-state index in [0.717, 1.165) is 64.6 Å². The van der Waals surface area contributed by atoms with Crippen molar-refractivity contribution in [1.82, 2.24) is 20.4 Å². The zero-order chi connectivity index (χ0) is 26.0. The van der Waals surface area contributed by atoms with E-state index in [1.807, 2.05) is 6.92 Å². The minimum absolute atomic E-state index is 0.0612. The lowest BCUT2D eigenvalue weighted by Gasteiger charge is -2.40. The Hall–Kier alpha value is -1.92. The number of rotatable bonds is 11. The molecular formula is C31H50N4O2. The molecule has 2 aliphatic carbocycles. The molecule has 3 atom stereocenters. The fourth-order valence-corrected chi connectivity index (χ4v) is 6.81. The second-order valence-electron chi connectivity index (χ2n) is 11.7. The number of benzene rings is 1. The predicted molar refractivity (Wildman–Crippen MR) is 150 cm³/mol. The van der Waals surface area contributed by atoms with Crippen molar-refractivity contribution in [2.75, 3.05) is 26.7 Å². The highest BCUT2D eigenvalue weighted by atomic mass is 16.2. The van der Waals surface area contributed by atoms with Gasteiger partial charge in [-0.25, -0.2) is 0 Å². The van der Waals surface area contributed by atoms with Gasteiger partial charge in [-0.3, -0.25) is 14.5 Å². The third kappa shape index (κ3) is 7.79. The summed E-state index contributed by atoms with van der Waals surface area (Å²) in [6, 6.07) is 11.0. The quantitative estimate of drug-likeness (QED) is 0.459. The largest absolute Gasteiger partial charge is 0.343 e. The summed E-state index contributed by atoms with van der Waals surface area (Å²) < 4.78 is 0. The number of carbonyl (C=O) groups is 2. The smallest absolute Gasteiger partial charge is 0.245 e. The van der Waals surface area contributed by atoms with Crippen LogP contribution in [0, 0.1) is 5.92 Å². The Balaban J connectivity index is 1.46. The van der Waals surface area contributed by atoms with Gasteiger partial charge in [0, 0.05) is 31.7 Å². The van der Waals surface area contributed by atoms with Crippen LogP contribution in [0.4, 0.5) is 0 Å². The minimum atomic E-state index is -0.392. The summed E-state index contributed by atoms with van der Waals surface area (Å²) in [5.41, 5.74) is 1.39. The van der Waals surface area contributed by atoms with Crippen molar-refractivity contribution in [3.05, 3.63) is 35.9 Å². The predicted octanol–water partition coefficient (Wildman–Crippen LogP) is 4.53. The van der Waals surface area contributed by atoms with Crippen LogP contribution in [0.25, 0.3) is 0 Å². The van der Waals surface area contributed by atoms with Gasteiger partial charge in [-0.15, -0.1) is 0 Å². The lowest BCUT2D eigenvalue weighted by Crippen LogP contribution is -2.57. The minimum Gasteiger partial charge on any atom is -0.343 e. The molecule has 0 bridgehead atoms. The lowest BCUT2D eigenvalue weighted by molar-refractivity contribution is -0.140. The molecule has 1 aromatic carbocycles. The van der Waals surface area contributed by atoms with Crippen molar-refractivity contribution in [3.8, 4) is 0 Å². The van der Waals surface area contributed by atoms with Crippen LogP contribution in [0.1, 0.15) is 89.5 Å². The van der Waals surface area contributed by atoms with Gasteiger partial charge in [0.25, 0.3) is 0 Å². The summed E-state index contributed by atoms with van der Waals surface area (Å²) in [6.07, 6.45) is 15.4. The number of hydrogen-bond acceptors (Lipinski definition) is 4. The number of carbonyl (C=O) groups excluding carboxylic acids is 2. The zero-order valence-corrected chi connectivity index (χ0v) is 23.3. The van der Waals surface area contributed by atoms with Crippen molar-refractivity contribution < 1.29 is 9.59 Å². The van der Waals surface area contributed by atoms with Gasteiger partial charge in [0.05, 0.1) is 6.04 Å². The monoisotopic (exact) mass is 510 g/mol. The molecule has 0 aromatic heterocycles. The Morgan fingerprint density at radius 3 is 2.30 bits per heavy atom. The number of hydrogen-bond donors (Lipinski definition) is 2. The Kier molecular flexibility index (Phi) is 10.9. The highest BCUT2D eigenvalue weighted by Gasteiger charge is 2.39. The second kappa shape index (κ2) is 14.3. The van der Waals surface area contributed by atoms with Crippen LogP contribution in [-0.2, 0) is 16.0 Å². The van der Waals surface area contributed by atoms with Crippen LogP contribution in [0.5, 0.6) is 0 Å². The maximum absolute atomic E-state index is 14.1. The van der Waals surface area contributed by atoms with Crippen LogP contribution in [-0.4, -0.2) is 72.5 Å². The van der Waals surface area contributed by atoms with Gasteiger partial charge in [-0.1, -0.05) is 68.9 Å². The van der Waals surface area contributed by atoms with Crippen molar-refractivity contribution in [3.63, 3.8) is 0 Å². The summed E-state index contributed by atoms with van der Waals surface area (Å²) in [6.45, 7) is 4.70. The van der Waals surface area contributed by atoms with Crippen LogP contribution >= 0.6 is 0 Å². The highest BCUT2D eigenvalue weighted by Crippen LogP contribution is 2.30. The number of likely N-dealkylation sites (tertiary alicyclic amines) is 1. The molecule has 37 heavy (non-hydrogen) atoms. The molecule has 2 saturated carbocycles. The van der Waals surface area contributed by atoms with Crippen molar-refractivity contribution in [2.45, 2.75) is 115 Å². The van der Waals surface area contributed by atoms with E-state index in [1.54, 1.807) is 7.05 Å². The molecule has 1 aliphatic heterocycles. The molecule has 2 N–H and O–H groups in total. The highest BCUT2D eigenvalue weighted by molar-refractivity contribution is 5.90. The maximum atomic E-state index is 14.1. The van der Waals surface area contributed by atoms with E-state index in [1.165, 1.54) is 44.1 Å². The summed E-state index contributed by atoms with van der Waals surface area (Å²) in [4.78, 5) is 31.9. The number of nitrogens with zero attached hydrogens (tertiary/aromatic N) is 2. The molecule has 1 aromatic rings. The SMILES string of the molecule is CN[C@@H](C)C(=O)N[C@H](C(=O)N1CCC[C@H]1CN(CCc1ccccc1)C1CCCCC1)C1CCCCC1. The molecule has 0 spiro atoms. The summed E-state index contributed by atoms with van der Waals surface area (Å²) in [7, 11) is 1.80. The first-order valence-electron chi connectivity index (χ1n) is 15.1. The molecule has 6 heteroatoms. The van der Waals surface area contributed by atoms with Gasteiger partial charge >= 0.3 is 0 Å². The van der Waals surface area contributed by atoms with E-state index in [2.05, 4.69) is 50.8 Å². The molecule has 206 valence electrons. The first-order chi connectivity index (χ1) is 18.1. The molecule has 1 saturated heterocycles. The maximum Gasteiger partial charge on any atom is 0.245 e. The van der Waals surface area contributed by atoms with Gasteiger partial charge < -0.3 is 15.5 Å². The van der Waals surface area contributed by atoms with E-state index in [-0.39, 0.29) is 29.8 Å². The van der Waals surface area contributed by atoms with E-state index < -0.39 is 6.04 Å². The van der Waals surface area contributed by atoms with E-state index in [4.69, 9.17) is 0 Å². The van der Waals surface area contributed by atoms with Crippen molar-refractivity contribution in [1.29, 1.82) is 0 Å². The Bertz CT molecular complexity index is 835. The molecule has 3 aliphatic rings. The fourth-order valence-electron chi connectivity index (χ4n) is 6.81. The number of nitrogens with one attached hydrogen (secondary N) is 2. The summed E-state index contributed by atoms with van der Waals surface area (Å²) in [5.74, 6) is 0.356. The molecule has 2 amide bonds. The van der Waals surface area contributed by atoms with Gasteiger partial charge in [-0.05, 0) is 70.4 Å². The standard InChI is InChI=1S/C31H50N4O2/c1-24(32-2)30(36)33-29(26-15-8-4-9-16-26)31(37)35-21-12-19-28(35)23-34(27-17-10-5-11-18-27)22-20-25-13-6-3-7-14-25/h3,6-7,13-14,24,26-29,32H,4-5,8-12,15-23H2,1-2H3,(H,33,36)/t24-,28-,29-/m0/s1. The van der Waals surface area contributed by atoms with E-state index in [9.17, 15) is 9.59 Å². The third-order valence-corrected chi connectivity index (χ3v) is 9.24. The number of amides is 2. The second-order valence-corrected chi connectivity index (χ2v) is 11.7.